The minimum absolute atomic E-state index is 0.0603. The van der Waals surface area contributed by atoms with Crippen LogP contribution in [0.4, 0.5) is 5.69 Å². The number of hydrogen-bond acceptors (Lipinski definition) is 4. The van der Waals surface area contributed by atoms with Gasteiger partial charge in [-0.3, -0.25) is 9.69 Å². The SMILES string of the molecule is O=C1CSC(=Nc2ccccc2)N1Cc1nc2ccccc2[nH]1. The number of benzene rings is 2. The third-order valence-corrected chi connectivity index (χ3v) is 4.55. The van der Waals surface area contributed by atoms with Crippen LogP contribution in [0.15, 0.2) is 59.6 Å². The van der Waals surface area contributed by atoms with Crippen molar-refractivity contribution in [2.24, 2.45) is 4.99 Å². The summed E-state index contributed by atoms with van der Waals surface area (Å²) in [7, 11) is 0. The van der Waals surface area contributed by atoms with Crippen molar-refractivity contribution in [1.29, 1.82) is 0 Å². The predicted molar refractivity (Wildman–Crippen MR) is 92.6 cm³/mol. The predicted octanol–water partition coefficient (Wildman–Crippen LogP) is 3.33. The molecule has 0 unspecified atom stereocenters. The van der Waals surface area contributed by atoms with Crippen molar-refractivity contribution in [3.8, 4) is 0 Å². The molecule has 0 atom stereocenters. The second kappa shape index (κ2) is 5.89. The molecule has 6 heteroatoms. The van der Waals surface area contributed by atoms with Gasteiger partial charge in [0.25, 0.3) is 0 Å². The Kier molecular flexibility index (Phi) is 3.59. The molecule has 0 aliphatic carbocycles. The molecule has 0 saturated carbocycles. The lowest BCUT2D eigenvalue weighted by Gasteiger charge is -2.14. The van der Waals surface area contributed by atoms with Crippen molar-refractivity contribution in [2.75, 3.05) is 5.75 Å². The van der Waals surface area contributed by atoms with Crippen LogP contribution in [0, 0.1) is 0 Å². The number of carbonyl (C=O) groups excluding carboxylic acids is 1. The molecular weight excluding hydrogens is 308 g/mol. The number of imidazole rings is 1. The van der Waals surface area contributed by atoms with Gasteiger partial charge in [-0.25, -0.2) is 9.98 Å². The molecular formula is C17H14N4OS. The van der Waals surface area contributed by atoms with Crippen molar-refractivity contribution in [3.05, 3.63) is 60.4 Å². The highest BCUT2D eigenvalue weighted by atomic mass is 32.2. The van der Waals surface area contributed by atoms with E-state index in [1.165, 1.54) is 11.8 Å². The average Bonchev–Trinajstić information content (AvgIpc) is 3.14. The highest BCUT2D eigenvalue weighted by molar-refractivity contribution is 8.15. The van der Waals surface area contributed by atoms with Crippen molar-refractivity contribution in [1.82, 2.24) is 14.9 Å². The zero-order valence-electron chi connectivity index (χ0n) is 12.3. The molecule has 0 radical (unpaired) electrons. The Hall–Kier alpha value is -2.60. The summed E-state index contributed by atoms with van der Waals surface area (Å²) < 4.78 is 0. The third kappa shape index (κ3) is 2.85. The van der Waals surface area contributed by atoms with Gasteiger partial charge in [-0.1, -0.05) is 42.1 Å². The Labute approximate surface area is 137 Å². The van der Waals surface area contributed by atoms with Crippen molar-refractivity contribution < 1.29 is 4.79 Å². The summed E-state index contributed by atoms with van der Waals surface area (Å²) in [5, 5.41) is 0.724. The third-order valence-electron chi connectivity index (χ3n) is 3.58. The summed E-state index contributed by atoms with van der Waals surface area (Å²) in [6, 6.07) is 17.5. The van der Waals surface area contributed by atoms with Crippen LogP contribution in [-0.4, -0.2) is 31.7 Å². The lowest BCUT2D eigenvalue weighted by atomic mass is 10.3. The van der Waals surface area contributed by atoms with Crippen LogP contribution in [0.25, 0.3) is 11.0 Å². The maximum absolute atomic E-state index is 12.2. The van der Waals surface area contributed by atoms with Crippen LogP contribution < -0.4 is 0 Å². The van der Waals surface area contributed by atoms with E-state index in [1.54, 1.807) is 4.90 Å². The van der Waals surface area contributed by atoms with E-state index in [1.807, 2.05) is 54.6 Å². The number of nitrogens with zero attached hydrogens (tertiary/aromatic N) is 3. The fourth-order valence-corrected chi connectivity index (χ4v) is 3.38. The Morgan fingerprint density at radius 3 is 2.74 bits per heavy atom. The number of nitrogens with one attached hydrogen (secondary N) is 1. The summed E-state index contributed by atoms with van der Waals surface area (Å²) in [5.41, 5.74) is 2.73. The topological polar surface area (TPSA) is 61.4 Å². The molecule has 1 aromatic heterocycles. The number of para-hydroxylation sites is 3. The van der Waals surface area contributed by atoms with E-state index in [0.29, 0.717) is 12.3 Å². The van der Waals surface area contributed by atoms with Gasteiger partial charge in [-0.15, -0.1) is 0 Å². The Balaban J connectivity index is 1.63. The molecule has 1 saturated heterocycles. The van der Waals surface area contributed by atoms with E-state index in [9.17, 15) is 4.79 Å². The van der Waals surface area contributed by atoms with Gasteiger partial charge in [-0.05, 0) is 24.3 Å². The molecule has 5 nitrogen and oxygen atoms in total. The molecule has 2 aromatic carbocycles. The van der Waals surface area contributed by atoms with Gasteiger partial charge in [-0.2, -0.15) is 0 Å². The Bertz CT molecular complexity index is 855. The fraction of sp³-hybridized carbons (Fsp3) is 0.118. The van der Waals surface area contributed by atoms with Gasteiger partial charge in [0.1, 0.15) is 5.82 Å². The number of H-pyrrole nitrogens is 1. The van der Waals surface area contributed by atoms with Gasteiger partial charge in [0, 0.05) is 0 Å². The van der Waals surface area contributed by atoms with E-state index in [0.717, 1.165) is 27.7 Å². The van der Waals surface area contributed by atoms with Crippen molar-refractivity contribution in [2.45, 2.75) is 6.54 Å². The fourth-order valence-electron chi connectivity index (χ4n) is 2.48. The molecule has 1 aliphatic rings. The number of amidine groups is 1. The second-order valence-electron chi connectivity index (χ2n) is 5.20. The van der Waals surface area contributed by atoms with Gasteiger partial charge in [0.15, 0.2) is 5.17 Å². The molecule has 0 spiro atoms. The highest BCUT2D eigenvalue weighted by Gasteiger charge is 2.29. The maximum atomic E-state index is 12.2. The van der Waals surface area contributed by atoms with E-state index in [2.05, 4.69) is 15.0 Å². The van der Waals surface area contributed by atoms with E-state index >= 15 is 0 Å². The number of fused-ring (bicyclic) bond motifs is 1. The quantitative estimate of drug-likeness (QED) is 0.804. The Morgan fingerprint density at radius 1 is 1.13 bits per heavy atom. The molecule has 1 fully saturated rings. The monoisotopic (exact) mass is 322 g/mol. The van der Waals surface area contributed by atoms with Crippen LogP contribution in [0.3, 0.4) is 0 Å². The summed E-state index contributed by atoms with van der Waals surface area (Å²) in [5.74, 6) is 1.25. The summed E-state index contributed by atoms with van der Waals surface area (Å²) in [4.78, 5) is 26.2. The molecule has 1 amide bonds. The van der Waals surface area contributed by atoms with Crippen LogP contribution >= 0.6 is 11.8 Å². The lowest BCUT2D eigenvalue weighted by molar-refractivity contribution is -0.124. The number of carbonyl (C=O) groups is 1. The van der Waals surface area contributed by atoms with E-state index in [4.69, 9.17) is 0 Å². The summed E-state index contributed by atoms with van der Waals surface area (Å²) in [6.45, 7) is 0.409. The molecule has 0 bridgehead atoms. The molecule has 23 heavy (non-hydrogen) atoms. The largest absolute Gasteiger partial charge is 0.340 e. The van der Waals surface area contributed by atoms with Crippen LogP contribution in [0.5, 0.6) is 0 Å². The minimum atomic E-state index is 0.0603. The highest BCUT2D eigenvalue weighted by Crippen LogP contribution is 2.25. The first kappa shape index (κ1) is 14.0. The summed E-state index contributed by atoms with van der Waals surface area (Å²) >= 11 is 1.46. The van der Waals surface area contributed by atoms with E-state index in [-0.39, 0.29) is 5.91 Å². The zero-order valence-corrected chi connectivity index (χ0v) is 13.1. The average molecular weight is 322 g/mol. The van der Waals surface area contributed by atoms with E-state index < -0.39 is 0 Å². The lowest BCUT2D eigenvalue weighted by Crippen LogP contribution is -2.29. The maximum Gasteiger partial charge on any atom is 0.239 e. The molecule has 3 aromatic rings. The van der Waals surface area contributed by atoms with Crippen molar-refractivity contribution >= 4 is 39.6 Å². The molecule has 2 heterocycles. The van der Waals surface area contributed by atoms with Gasteiger partial charge < -0.3 is 4.98 Å². The number of aromatic amines is 1. The van der Waals surface area contributed by atoms with Gasteiger partial charge >= 0.3 is 0 Å². The number of thioether (sulfide) groups is 1. The first-order chi connectivity index (χ1) is 11.3. The normalized spacial score (nSPS) is 16.6. The first-order valence-corrected chi connectivity index (χ1v) is 8.29. The Morgan fingerprint density at radius 2 is 1.91 bits per heavy atom. The van der Waals surface area contributed by atoms with Crippen molar-refractivity contribution in [3.63, 3.8) is 0 Å². The second-order valence-corrected chi connectivity index (χ2v) is 6.14. The smallest absolute Gasteiger partial charge is 0.239 e. The minimum Gasteiger partial charge on any atom is -0.340 e. The molecule has 4 rings (SSSR count). The number of amides is 1. The van der Waals surface area contributed by atoms with Crippen LogP contribution in [0.2, 0.25) is 0 Å². The summed E-state index contributed by atoms with van der Waals surface area (Å²) in [6.07, 6.45) is 0. The zero-order chi connectivity index (χ0) is 15.6. The number of hydrogen-bond donors (Lipinski definition) is 1. The number of rotatable bonds is 3. The molecule has 114 valence electrons. The first-order valence-electron chi connectivity index (χ1n) is 7.30. The number of aliphatic imine (C=N–C) groups is 1. The van der Waals surface area contributed by atoms with Crippen LogP contribution in [-0.2, 0) is 11.3 Å². The van der Waals surface area contributed by atoms with Gasteiger partial charge in [0.2, 0.25) is 5.91 Å². The standard InChI is InChI=1S/C17H14N4OS/c22-16-11-23-17(18-12-6-2-1-3-7-12)21(16)10-15-19-13-8-4-5-9-14(13)20-15/h1-9H,10-11H2,(H,19,20). The molecule has 1 aliphatic heterocycles. The molecule has 1 N–H and O–H groups in total. The van der Waals surface area contributed by atoms with Gasteiger partial charge in [0.05, 0.1) is 29.0 Å². The van der Waals surface area contributed by atoms with Crippen LogP contribution in [0.1, 0.15) is 5.82 Å². The number of aromatic nitrogens is 2.